The summed E-state index contributed by atoms with van der Waals surface area (Å²) in [4.78, 5) is 43.1. The number of hydrogen-bond acceptors (Lipinski definition) is 6. The Morgan fingerprint density at radius 1 is 1.00 bits per heavy atom. The molecule has 4 N–H and O–H groups in total. The summed E-state index contributed by atoms with van der Waals surface area (Å²) >= 11 is 1.24. The van der Waals surface area contributed by atoms with Crippen LogP contribution in [0.15, 0.2) is 48.1 Å². The van der Waals surface area contributed by atoms with Crippen molar-refractivity contribution in [2.24, 2.45) is 0 Å². The van der Waals surface area contributed by atoms with E-state index in [0.717, 1.165) is 12.8 Å². The third-order valence-corrected chi connectivity index (χ3v) is 6.76. The number of aryl methyl sites for hydroxylation is 1. The summed E-state index contributed by atoms with van der Waals surface area (Å²) in [6.45, 7) is 3.35. The minimum Gasteiger partial charge on any atom is -0.349 e. The number of hydrogen-bond donors (Lipinski definition) is 4. The van der Waals surface area contributed by atoms with E-state index in [1.54, 1.807) is 43.6 Å². The minimum absolute atomic E-state index is 0.108. The van der Waals surface area contributed by atoms with Gasteiger partial charge in [-0.2, -0.15) is 5.10 Å². The molecule has 3 amide bonds. The van der Waals surface area contributed by atoms with Crippen LogP contribution in [0.2, 0.25) is 0 Å². The molecule has 0 radical (unpaired) electrons. The van der Waals surface area contributed by atoms with Crippen molar-refractivity contribution < 1.29 is 18.8 Å². The Morgan fingerprint density at radius 2 is 1.81 bits per heavy atom. The van der Waals surface area contributed by atoms with E-state index in [-0.39, 0.29) is 34.2 Å². The van der Waals surface area contributed by atoms with Gasteiger partial charge in [-0.05, 0) is 67.6 Å². The van der Waals surface area contributed by atoms with E-state index in [9.17, 15) is 18.8 Å². The fraction of sp³-hybridized carbons (Fsp3) is 0.192. The van der Waals surface area contributed by atoms with Crippen LogP contribution in [0.5, 0.6) is 0 Å². The van der Waals surface area contributed by atoms with Gasteiger partial charge in [-0.1, -0.05) is 6.07 Å². The van der Waals surface area contributed by atoms with Crippen molar-refractivity contribution in [1.82, 2.24) is 20.5 Å². The smallest absolute Gasteiger partial charge is 0.258 e. The first kappa shape index (κ1) is 24.3. The second kappa shape index (κ2) is 9.94. The van der Waals surface area contributed by atoms with Gasteiger partial charge < -0.3 is 10.6 Å². The van der Waals surface area contributed by atoms with Crippen LogP contribution in [0, 0.1) is 19.7 Å². The molecule has 5 rings (SSSR count). The van der Waals surface area contributed by atoms with Gasteiger partial charge in [0.25, 0.3) is 17.7 Å². The molecule has 0 spiro atoms. The van der Waals surface area contributed by atoms with Gasteiger partial charge in [-0.15, -0.1) is 11.3 Å². The summed E-state index contributed by atoms with van der Waals surface area (Å²) < 4.78 is 15.0. The molecule has 2 aromatic carbocycles. The van der Waals surface area contributed by atoms with Gasteiger partial charge >= 0.3 is 0 Å². The Morgan fingerprint density at radius 3 is 2.49 bits per heavy atom. The first-order valence-corrected chi connectivity index (χ1v) is 12.5. The number of nitrogens with zero attached hydrogens (tertiary/aromatic N) is 2. The maximum absolute atomic E-state index is 15.0. The minimum atomic E-state index is -0.568. The molecule has 9 nitrogen and oxygen atoms in total. The molecule has 0 saturated heterocycles. The van der Waals surface area contributed by atoms with Crippen LogP contribution in [0.1, 0.15) is 55.2 Å². The van der Waals surface area contributed by atoms with Crippen molar-refractivity contribution in [3.8, 4) is 11.1 Å². The lowest BCUT2D eigenvalue weighted by Crippen LogP contribution is -2.25. The first-order valence-electron chi connectivity index (χ1n) is 11.6. The van der Waals surface area contributed by atoms with Crippen LogP contribution < -0.4 is 16.0 Å². The average Bonchev–Trinajstić information content (AvgIpc) is 3.37. The molecule has 188 valence electrons. The molecule has 1 saturated carbocycles. The molecular formula is C26H23FN6O3S. The van der Waals surface area contributed by atoms with Gasteiger partial charge in [0.15, 0.2) is 5.13 Å². The second-order valence-corrected chi connectivity index (χ2v) is 9.69. The topological polar surface area (TPSA) is 129 Å². The Hall–Kier alpha value is -4.38. The lowest BCUT2D eigenvalue weighted by Gasteiger charge is -2.16. The highest BCUT2D eigenvalue weighted by Crippen LogP contribution is 2.32. The van der Waals surface area contributed by atoms with Gasteiger partial charge in [-0.25, -0.2) is 9.37 Å². The van der Waals surface area contributed by atoms with E-state index in [0.29, 0.717) is 27.6 Å². The van der Waals surface area contributed by atoms with Gasteiger partial charge in [0, 0.05) is 34.3 Å². The zero-order chi connectivity index (χ0) is 26.1. The molecule has 0 unspecified atom stereocenters. The van der Waals surface area contributed by atoms with Crippen molar-refractivity contribution in [2.45, 2.75) is 32.7 Å². The summed E-state index contributed by atoms with van der Waals surface area (Å²) in [5.74, 6) is -1.91. The predicted octanol–water partition coefficient (Wildman–Crippen LogP) is 4.69. The number of halogens is 1. The molecule has 1 aliphatic carbocycles. The predicted molar refractivity (Wildman–Crippen MR) is 138 cm³/mol. The Balaban J connectivity index is 1.56. The van der Waals surface area contributed by atoms with Crippen LogP contribution in [0.3, 0.4) is 0 Å². The highest BCUT2D eigenvalue weighted by atomic mass is 32.1. The molecule has 2 heterocycles. The van der Waals surface area contributed by atoms with Crippen LogP contribution in [-0.2, 0) is 0 Å². The monoisotopic (exact) mass is 518 g/mol. The van der Waals surface area contributed by atoms with E-state index >= 15 is 0 Å². The highest BCUT2D eigenvalue weighted by molar-refractivity contribution is 7.13. The van der Waals surface area contributed by atoms with Crippen LogP contribution in [-0.4, -0.2) is 38.9 Å². The number of carbonyl (C=O) groups is 3. The van der Waals surface area contributed by atoms with Crippen molar-refractivity contribution in [1.29, 1.82) is 0 Å². The van der Waals surface area contributed by atoms with E-state index < -0.39 is 17.6 Å². The lowest BCUT2D eigenvalue weighted by molar-refractivity contribution is 0.0949. The third kappa shape index (κ3) is 5.26. The summed E-state index contributed by atoms with van der Waals surface area (Å²) in [5, 5.41) is 17.1. The summed E-state index contributed by atoms with van der Waals surface area (Å²) in [5.41, 5.74) is 2.73. The maximum atomic E-state index is 15.0. The molecule has 1 aliphatic rings. The van der Waals surface area contributed by atoms with Gasteiger partial charge in [0.1, 0.15) is 5.82 Å². The van der Waals surface area contributed by atoms with Gasteiger partial charge in [0.05, 0.1) is 17.6 Å². The number of nitrogens with one attached hydrogen (secondary N) is 4. The van der Waals surface area contributed by atoms with Crippen molar-refractivity contribution in [3.63, 3.8) is 0 Å². The molecule has 37 heavy (non-hydrogen) atoms. The Labute approximate surface area is 215 Å². The van der Waals surface area contributed by atoms with Crippen LogP contribution in [0.4, 0.5) is 15.2 Å². The first-order chi connectivity index (χ1) is 17.8. The normalized spacial score (nSPS) is 12.7. The van der Waals surface area contributed by atoms with Crippen molar-refractivity contribution in [2.75, 3.05) is 10.6 Å². The molecule has 0 aliphatic heterocycles. The maximum Gasteiger partial charge on any atom is 0.258 e. The molecule has 4 aromatic rings. The molecule has 0 bridgehead atoms. The van der Waals surface area contributed by atoms with Crippen LogP contribution in [0.25, 0.3) is 11.1 Å². The molecule has 2 aromatic heterocycles. The SMILES string of the molecule is Cc1[nH]ncc1NC(=O)c1ccc(-c2cc(C(=O)NC3CC3)cc(F)c2C)c(C(=O)Nc2nccs2)c1. The molecular weight excluding hydrogens is 495 g/mol. The van der Waals surface area contributed by atoms with E-state index in [4.69, 9.17) is 0 Å². The second-order valence-electron chi connectivity index (χ2n) is 8.79. The molecule has 1 fully saturated rings. The number of H-pyrrole nitrogens is 1. The zero-order valence-corrected chi connectivity index (χ0v) is 20.8. The fourth-order valence-corrected chi connectivity index (χ4v) is 4.34. The number of aromatic amines is 1. The van der Waals surface area contributed by atoms with Crippen LogP contribution >= 0.6 is 11.3 Å². The molecule has 0 atom stereocenters. The number of aromatic nitrogens is 3. The third-order valence-electron chi connectivity index (χ3n) is 6.07. The quantitative estimate of drug-likeness (QED) is 0.282. The number of carbonyl (C=O) groups excluding carboxylic acids is 3. The van der Waals surface area contributed by atoms with E-state index in [2.05, 4.69) is 31.1 Å². The van der Waals surface area contributed by atoms with Crippen molar-refractivity contribution in [3.05, 3.63) is 81.9 Å². The lowest BCUT2D eigenvalue weighted by atomic mass is 9.92. The largest absolute Gasteiger partial charge is 0.349 e. The summed E-state index contributed by atoms with van der Waals surface area (Å²) in [6, 6.07) is 7.45. The fourth-order valence-electron chi connectivity index (χ4n) is 3.82. The number of anilines is 2. The summed E-state index contributed by atoms with van der Waals surface area (Å²) in [7, 11) is 0. The Bertz CT molecular complexity index is 1510. The summed E-state index contributed by atoms with van der Waals surface area (Å²) in [6.07, 6.45) is 4.84. The molecule has 11 heteroatoms. The standard InChI is InChI=1S/C26H23FN6O3S/c1-13-19(10-16(11-21(13)27)24(35)30-17-4-5-17)18-6-3-15(23(34)31-22-12-29-33-14(22)2)9-20(18)25(36)32-26-28-7-8-37-26/h3,6-12,17H,4-5H2,1-2H3,(H,29,33)(H,30,35)(H,31,34)(H,28,32,36). The van der Waals surface area contributed by atoms with E-state index in [1.807, 2.05) is 0 Å². The van der Waals surface area contributed by atoms with E-state index in [1.165, 1.54) is 29.7 Å². The number of amides is 3. The zero-order valence-electron chi connectivity index (χ0n) is 20.0. The van der Waals surface area contributed by atoms with Crippen molar-refractivity contribution >= 4 is 39.9 Å². The highest BCUT2D eigenvalue weighted by Gasteiger charge is 2.26. The average molecular weight is 519 g/mol. The van der Waals surface area contributed by atoms with Gasteiger partial charge in [0.2, 0.25) is 0 Å². The number of rotatable bonds is 7. The number of benzene rings is 2. The Kier molecular flexibility index (Phi) is 6.53. The number of thiazole rings is 1. The van der Waals surface area contributed by atoms with Gasteiger partial charge in [-0.3, -0.25) is 24.8 Å².